The van der Waals surface area contributed by atoms with Crippen molar-refractivity contribution in [3.63, 3.8) is 0 Å². The van der Waals surface area contributed by atoms with E-state index < -0.39 is 0 Å². The van der Waals surface area contributed by atoms with Crippen molar-refractivity contribution in [2.45, 2.75) is 34.1 Å². The molecule has 0 aliphatic heterocycles. The first-order valence-corrected chi connectivity index (χ1v) is 5.08. The monoisotopic (exact) mass is 220 g/mol. The predicted molar refractivity (Wildman–Crippen MR) is 63.5 cm³/mol. The molecule has 0 aromatic carbocycles. The average molecular weight is 220 g/mol. The van der Waals surface area contributed by atoms with E-state index in [4.69, 9.17) is 0 Å². The van der Waals surface area contributed by atoms with Gasteiger partial charge in [-0.05, 0) is 33.8 Å². The summed E-state index contributed by atoms with van der Waals surface area (Å²) in [5.41, 5.74) is 5.23. The predicted octanol–water partition coefficient (Wildman–Crippen LogP) is 1.86. The normalized spacial score (nSPS) is 11.4. The molecule has 1 rings (SSSR count). The number of carbonyl (C=O) groups excluding carboxylic acids is 1. The summed E-state index contributed by atoms with van der Waals surface area (Å²) in [5, 5.41) is 4.04. The molecule has 1 aromatic heterocycles. The van der Waals surface area contributed by atoms with Gasteiger partial charge in [0.05, 0.1) is 0 Å². The van der Waals surface area contributed by atoms with Gasteiger partial charge >= 0.3 is 0 Å². The summed E-state index contributed by atoms with van der Waals surface area (Å²) < 4.78 is 0. The number of ketones is 1. The summed E-state index contributed by atoms with van der Waals surface area (Å²) in [6.45, 7) is 7.11. The minimum atomic E-state index is 0.0874. The fraction of sp³-hybridized carbons (Fsp3) is 0.455. The Morgan fingerprint density at radius 1 is 1.31 bits per heavy atom. The first-order valence-electron chi connectivity index (χ1n) is 5.08. The van der Waals surface area contributed by atoms with Gasteiger partial charge in [-0.2, -0.15) is 5.10 Å². The molecule has 0 atom stereocenters. The minimum absolute atomic E-state index is 0.0874. The number of hydrogen-bond donors (Lipinski definition) is 1. The van der Waals surface area contributed by atoms with Gasteiger partial charge < -0.3 is 0 Å². The van der Waals surface area contributed by atoms with Crippen LogP contribution in [0, 0.1) is 13.8 Å². The van der Waals surface area contributed by atoms with Crippen molar-refractivity contribution in [1.29, 1.82) is 0 Å². The van der Waals surface area contributed by atoms with Crippen molar-refractivity contribution in [2.24, 2.45) is 5.10 Å². The van der Waals surface area contributed by atoms with Crippen molar-refractivity contribution in [3.8, 4) is 0 Å². The van der Waals surface area contributed by atoms with E-state index in [1.54, 1.807) is 6.92 Å². The van der Waals surface area contributed by atoms with Gasteiger partial charge in [-0.1, -0.05) is 0 Å². The molecule has 1 aromatic rings. The SMILES string of the molecule is CC(=O)C/C(C)=N\Nc1nc(C)cc(C)n1. The molecule has 0 radical (unpaired) electrons. The number of aromatic nitrogens is 2. The number of aryl methyl sites for hydroxylation is 2. The molecule has 0 fully saturated rings. The van der Waals surface area contributed by atoms with E-state index in [9.17, 15) is 4.79 Å². The van der Waals surface area contributed by atoms with E-state index in [1.807, 2.05) is 19.9 Å². The highest BCUT2D eigenvalue weighted by Crippen LogP contribution is 2.03. The number of hydrogen-bond acceptors (Lipinski definition) is 5. The molecule has 0 amide bonds. The van der Waals surface area contributed by atoms with Gasteiger partial charge in [0.1, 0.15) is 5.78 Å². The van der Waals surface area contributed by atoms with Crippen molar-refractivity contribution in [1.82, 2.24) is 9.97 Å². The molecule has 16 heavy (non-hydrogen) atoms. The van der Waals surface area contributed by atoms with Gasteiger partial charge in [-0.15, -0.1) is 0 Å². The standard InChI is InChI=1S/C11H16N4O/c1-7-5-8(2)13-11(12-7)15-14-9(3)6-10(4)16/h5H,6H2,1-4H3,(H,12,13,15)/b14-9-. The lowest BCUT2D eigenvalue weighted by Crippen LogP contribution is -2.05. The lowest BCUT2D eigenvalue weighted by Gasteiger charge is -2.02. The quantitative estimate of drug-likeness (QED) is 0.621. The van der Waals surface area contributed by atoms with Crippen LogP contribution in [-0.4, -0.2) is 21.5 Å². The van der Waals surface area contributed by atoms with E-state index in [1.165, 1.54) is 6.92 Å². The second-order valence-electron chi connectivity index (χ2n) is 3.81. The third-order valence-corrected chi connectivity index (χ3v) is 1.83. The summed E-state index contributed by atoms with van der Waals surface area (Å²) in [6.07, 6.45) is 0.345. The van der Waals surface area contributed by atoms with Crippen LogP contribution in [0.1, 0.15) is 31.7 Å². The Kier molecular flexibility index (Phi) is 4.10. The van der Waals surface area contributed by atoms with Crippen LogP contribution in [0.25, 0.3) is 0 Å². The fourth-order valence-electron chi connectivity index (χ4n) is 1.32. The lowest BCUT2D eigenvalue weighted by atomic mass is 10.2. The van der Waals surface area contributed by atoms with Crippen LogP contribution in [-0.2, 0) is 4.79 Å². The maximum absolute atomic E-state index is 10.8. The number of carbonyl (C=O) groups is 1. The lowest BCUT2D eigenvalue weighted by molar-refractivity contribution is -0.115. The highest BCUT2D eigenvalue weighted by Gasteiger charge is 1.99. The van der Waals surface area contributed by atoms with Gasteiger partial charge in [-0.3, -0.25) is 4.79 Å². The molecular formula is C11H16N4O. The Hall–Kier alpha value is -1.78. The average Bonchev–Trinajstić information content (AvgIpc) is 2.12. The van der Waals surface area contributed by atoms with Gasteiger partial charge in [0, 0.05) is 23.5 Å². The van der Waals surface area contributed by atoms with Gasteiger partial charge in [0.15, 0.2) is 0 Å². The Bertz CT molecular complexity index is 406. The topological polar surface area (TPSA) is 67.2 Å². The van der Waals surface area contributed by atoms with E-state index in [0.29, 0.717) is 12.4 Å². The number of rotatable bonds is 4. The van der Waals surface area contributed by atoms with E-state index in [-0.39, 0.29) is 5.78 Å². The number of nitrogens with zero attached hydrogens (tertiary/aromatic N) is 3. The largest absolute Gasteiger partial charge is 0.300 e. The number of hydrazone groups is 1. The molecule has 5 heteroatoms. The Balaban J connectivity index is 2.70. The van der Waals surface area contributed by atoms with Gasteiger partial charge in [0.2, 0.25) is 5.95 Å². The molecular weight excluding hydrogens is 204 g/mol. The van der Waals surface area contributed by atoms with E-state index in [0.717, 1.165) is 17.1 Å². The first kappa shape index (κ1) is 12.3. The zero-order valence-electron chi connectivity index (χ0n) is 10.0. The second kappa shape index (κ2) is 5.34. The molecule has 0 unspecified atom stereocenters. The third-order valence-electron chi connectivity index (χ3n) is 1.83. The van der Waals surface area contributed by atoms with Crippen LogP contribution in [0.4, 0.5) is 5.95 Å². The highest BCUT2D eigenvalue weighted by molar-refractivity contribution is 5.99. The summed E-state index contributed by atoms with van der Waals surface area (Å²) in [7, 11) is 0. The minimum Gasteiger partial charge on any atom is -0.300 e. The van der Waals surface area contributed by atoms with Gasteiger partial charge in [-0.25, -0.2) is 15.4 Å². The summed E-state index contributed by atoms with van der Waals surface area (Å²) in [5.74, 6) is 0.546. The van der Waals surface area contributed by atoms with Crippen LogP contribution < -0.4 is 5.43 Å². The summed E-state index contributed by atoms with van der Waals surface area (Å²) >= 11 is 0. The van der Waals surface area contributed by atoms with E-state index >= 15 is 0 Å². The molecule has 1 heterocycles. The smallest absolute Gasteiger partial charge is 0.243 e. The van der Waals surface area contributed by atoms with Crippen LogP contribution in [0.5, 0.6) is 0 Å². The van der Waals surface area contributed by atoms with Crippen molar-refractivity contribution >= 4 is 17.4 Å². The van der Waals surface area contributed by atoms with Crippen LogP contribution in [0.2, 0.25) is 0 Å². The first-order chi connectivity index (χ1) is 7.47. The van der Waals surface area contributed by atoms with Crippen LogP contribution >= 0.6 is 0 Å². The van der Waals surface area contributed by atoms with Crippen molar-refractivity contribution < 1.29 is 4.79 Å². The number of Topliss-reactive ketones (excluding diaryl/α,β-unsaturated/α-hetero) is 1. The molecule has 0 saturated carbocycles. The molecule has 0 saturated heterocycles. The Labute approximate surface area is 95.0 Å². The van der Waals surface area contributed by atoms with Gasteiger partial charge in [0.25, 0.3) is 0 Å². The maximum atomic E-state index is 10.8. The molecule has 0 bridgehead atoms. The van der Waals surface area contributed by atoms with Crippen molar-refractivity contribution in [2.75, 3.05) is 5.43 Å². The molecule has 86 valence electrons. The van der Waals surface area contributed by atoms with E-state index in [2.05, 4.69) is 20.5 Å². The maximum Gasteiger partial charge on any atom is 0.243 e. The Morgan fingerprint density at radius 2 is 1.88 bits per heavy atom. The molecule has 0 aliphatic carbocycles. The summed E-state index contributed by atoms with van der Waals surface area (Å²) in [6, 6.07) is 1.89. The molecule has 5 nitrogen and oxygen atoms in total. The zero-order valence-corrected chi connectivity index (χ0v) is 10.0. The zero-order chi connectivity index (χ0) is 12.1. The van der Waals surface area contributed by atoms with Crippen LogP contribution in [0.15, 0.2) is 11.2 Å². The number of anilines is 1. The fourth-order valence-corrected chi connectivity index (χ4v) is 1.32. The third kappa shape index (κ3) is 4.16. The highest BCUT2D eigenvalue weighted by atomic mass is 16.1. The van der Waals surface area contributed by atoms with Crippen LogP contribution in [0.3, 0.4) is 0 Å². The Morgan fingerprint density at radius 3 is 2.38 bits per heavy atom. The molecule has 0 aliphatic rings. The second-order valence-corrected chi connectivity index (χ2v) is 3.81. The summed E-state index contributed by atoms with van der Waals surface area (Å²) in [4.78, 5) is 19.2. The molecule has 0 spiro atoms. The number of nitrogens with one attached hydrogen (secondary N) is 1. The van der Waals surface area contributed by atoms with Crippen molar-refractivity contribution in [3.05, 3.63) is 17.5 Å². The molecule has 1 N–H and O–H groups in total.